The molecular weight excluding hydrogens is 376 g/mol. The molecule has 1 N–H and O–H groups in total. The molecule has 2 rings (SSSR count). The minimum absolute atomic E-state index is 0.103. The quantitative estimate of drug-likeness (QED) is 0.623. The minimum Gasteiger partial charge on any atom is -0.483 e. The van der Waals surface area contributed by atoms with Gasteiger partial charge in [0.25, 0.3) is 5.91 Å². The molecular formula is C14H12BrClN2O2S. The Hall–Kier alpha value is -1.37. The number of carbonyl (C=O) groups is 1. The molecule has 0 fully saturated rings. The van der Waals surface area contributed by atoms with Crippen molar-refractivity contribution in [2.45, 2.75) is 6.92 Å². The number of aryl methyl sites for hydroxylation is 1. The van der Waals surface area contributed by atoms with E-state index in [0.717, 1.165) is 14.2 Å². The Balaban J connectivity index is 1.81. The minimum atomic E-state index is -0.323. The largest absolute Gasteiger partial charge is 0.483 e. The highest BCUT2D eigenvalue weighted by Gasteiger charge is 2.04. The monoisotopic (exact) mass is 386 g/mol. The predicted molar refractivity (Wildman–Crippen MR) is 89.4 cm³/mol. The molecule has 0 aliphatic heterocycles. The number of nitrogens with zero attached hydrogens (tertiary/aromatic N) is 1. The van der Waals surface area contributed by atoms with Gasteiger partial charge < -0.3 is 4.74 Å². The van der Waals surface area contributed by atoms with Crippen molar-refractivity contribution in [3.8, 4) is 5.75 Å². The summed E-state index contributed by atoms with van der Waals surface area (Å²) in [7, 11) is 0. The summed E-state index contributed by atoms with van der Waals surface area (Å²) in [5, 5.41) is 4.50. The summed E-state index contributed by atoms with van der Waals surface area (Å²) in [6, 6.07) is 9.05. The first kappa shape index (κ1) is 16.0. The zero-order chi connectivity index (χ0) is 15.2. The Kier molecular flexibility index (Phi) is 5.78. The fraction of sp³-hybridized carbons (Fsp3) is 0.143. The van der Waals surface area contributed by atoms with Gasteiger partial charge in [0.2, 0.25) is 0 Å². The van der Waals surface area contributed by atoms with Crippen LogP contribution in [-0.4, -0.2) is 18.7 Å². The number of amides is 1. The second-order valence-corrected chi connectivity index (χ2v) is 7.06. The van der Waals surface area contributed by atoms with Crippen LogP contribution < -0.4 is 10.2 Å². The van der Waals surface area contributed by atoms with E-state index in [9.17, 15) is 4.79 Å². The average Bonchev–Trinajstić information content (AvgIpc) is 2.83. The summed E-state index contributed by atoms with van der Waals surface area (Å²) in [6.07, 6.45) is 1.58. The summed E-state index contributed by atoms with van der Waals surface area (Å²) in [6.45, 7) is 1.76. The second-order valence-electron chi connectivity index (χ2n) is 4.13. The fourth-order valence-corrected chi connectivity index (χ4v) is 3.04. The van der Waals surface area contributed by atoms with Crippen molar-refractivity contribution in [3.63, 3.8) is 0 Å². The first-order valence-corrected chi connectivity index (χ1v) is 7.99. The van der Waals surface area contributed by atoms with Crippen LogP contribution in [0.5, 0.6) is 5.75 Å². The molecule has 0 bridgehead atoms. The molecule has 110 valence electrons. The van der Waals surface area contributed by atoms with Crippen LogP contribution in [0.3, 0.4) is 0 Å². The van der Waals surface area contributed by atoms with Crippen LogP contribution in [0.4, 0.5) is 0 Å². The van der Waals surface area contributed by atoms with Crippen LogP contribution in [0.15, 0.2) is 39.2 Å². The van der Waals surface area contributed by atoms with Crippen LogP contribution in [0.1, 0.15) is 10.4 Å². The lowest BCUT2D eigenvalue weighted by Crippen LogP contribution is -2.24. The van der Waals surface area contributed by atoms with E-state index in [1.807, 2.05) is 19.1 Å². The summed E-state index contributed by atoms with van der Waals surface area (Å²) < 4.78 is 6.42. The summed E-state index contributed by atoms with van der Waals surface area (Å²) >= 11 is 10.7. The molecule has 2 aromatic rings. The van der Waals surface area contributed by atoms with Gasteiger partial charge >= 0.3 is 0 Å². The van der Waals surface area contributed by atoms with Crippen molar-refractivity contribution in [1.29, 1.82) is 0 Å². The maximum absolute atomic E-state index is 11.6. The standard InChI is InChI=1S/C14H12BrClN2O2S/c1-9-6-10(16)2-4-12(9)20-8-14(19)18-17-7-11-3-5-13(15)21-11/h2-7H,8H2,1H3,(H,18,19)/b17-7+. The number of hydrogen-bond donors (Lipinski definition) is 1. The average molecular weight is 388 g/mol. The fourth-order valence-electron chi connectivity index (χ4n) is 1.52. The van der Waals surface area contributed by atoms with Gasteiger partial charge in [0.15, 0.2) is 6.61 Å². The zero-order valence-corrected chi connectivity index (χ0v) is 14.3. The van der Waals surface area contributed by atoms with Crippen LogP contribution in [0, 0.1) is 6.92 Å². The molecule has 0 atom stereocenters. The van der Waals surface area contributed by atoms with Crippen LogP contribution in [0.2, 0.25) is 5.02 Å². The summed E-state index contributed by atoms with van der Waals surface area (Å²) in [5.41, 5.74) is 3.29. The molecule has 1 heterocycles. The molecule has 0 radical (unpaired) electrons. The molecule has 7 heteroatoms. The first-order chi connectivity index (χ1) is 10.0. The summed E-state index contributed by atoms with van der Waals surface area (Å²) in [5.74, 6) is 0.303. The molecule has 0 saturated carbocycles. The number of benzene rings is 1. The Bertz CT molecular complexity index is 673. The van der Waals surface area contributed by atoms with Crippen molar-refractivity contribution in [3.05, 3.63) is 49.6 Å². The van der Waals surface area contributed by atoms with E-state index in [-0.39, 0.29) is 12.5 Å². The predicted octanol–water partition coefficient (Wildman–Crippen LogP) is 4.00. The first-order valence-electron chi connectivity index (χ1n) is 6.01. The van der Waals surface area contributed by atoms with Gasteiger partial charge in [-0.05, 0) is 58.7 Å². The molecule has 0 spiro atoms. The van der Waals surface area contributed by atoms with Crippen molar-refractivity contribution in [2.24, 2.45) is 5.10 Å². The molecule has 0 aliphatic carbocycles. The Morgan fingerprint density at radius 2 is 2.29 bits per heavy atom. The number of ether oxygens (including phenoxy) is 1. The molecule has 21 heavy (non-hydrogen) atoms. The zero-order valence-electron chi connectivity index (χ0n) is 11.1. The summed E-state index contributed by atoms with van der Waals surface area (Å²) in [4.78, 5) is 12.5. The molecule has 1 aromatic carbocycles. The van der Waals surface area contributed by atoms with Gasteiger partial charge in [-0.3, -0.25) is 4.79 Å². The van der Waals surface area contributed by atoms with Crippen molar-refractivity contribution >= 4 is 51.0 Å². The number of thiophene rings is 1. The van der Waals surface area contributed by atoms with Crippen LogP contribution >= 0.6 is 38.9 Å². The molecule has 1 aromatic heterocycles. The third-order valence-electron chi connectivity index (χ3n) is 2.47. The lowest BCUT2D eigenvalue weighted by atomic mass is 10.2. The highest BCUT2D eigenvalue weighted by molar-refractivity contribution is 9.11. The van der Waals surface area contributed by atoms with E-state index in [4.69, 9.17) is 16.3 Å². The van der Waals surface area contributed by atoms with E-state index in [1.54, 1.807) is 24.4 Å². The number of carbonyl (C=O) groups excluding carboxylic acids is 1. The van der Waals surface area contributed by atoms with Gasteiger partial charge in [0.1, 0.15) is 5.75 Å². The normalized spacial score (nSPS) is 10.8. The van der Waals surface area contributed by atoms with Crippen LogP contribution in [0.25, 0.3) is 0 Å². The number of hydrazone groups is 1. The van der Waals surface area contributed by atoms with E-state index in [1.165, 1.54) is 11.3 Å². The van der Waals surface area contributed by atoms with Crippen LogP contribution in [-0.2, 0) is 4.79 Å². The lowest BCUT2D eigenvalue weighted by Gasteiger charge is -2.08. The topological polar surface area (TPSA) is 50.7 Å². The molecule has 4 nitrogen and oxygen atoms in total. The highest BCUT2D eigenvalue weighted by Crippen LogP contribution is 2.21. The maximum atomic E-state index is 11.6. The van der Waals surface area contributed by atoms with E-state index in [2.05, 4.69) is 26.5 Å². The third kappa shape index (κ3) is 5.15. The number of nitrogens with one attached hydrogen (secondary N) is 1. The Labute approximate surface area is 139 Å². The SMILES string of the molecule is Cc1cc(Cl)ccc1OCC(=O)N/N=C/c1ccc(Br)s1. The van der Waals surface area contributed by atoms with Crippen molar-refractivity contribution in [1.82, 2.24) is 5.43 Å². The maximum Gasteiger partial charge on any atom is 0.277 e. The van der Waals surface area contributed by atoms with Gasteiger partial charge in [-0.2, -0.15) is 5.10 Å². The van der Waals surface area contributed by atoms with E-state index >= 15 is 0 Å². The number of rotatable bonds is 5. The molecule has 0 unspecified atom stereocenters. The molecule has 0 saturated heterocycles. The van der Waals surface area contributed by atoms with Gasteiger partial charge in [0, 0.05) is 9.90 Å². The van der Waals surface area contributed by atoms with Gasteiger partial charge in [-0.25, -0.2) is 5.43 Å². The smallest absolute Gasteiger partial charge is 0.277 e. The molecule has 0 aliphatic rings. The molecule has 1 amide bonds. The number of hydrogen-bond acceptors (Lipinski definition) is 4. The van der Waals surface area contributed by atoms with Crippen molar-refractivity contribution < 1.29 is 9.53 Å². The Morgan fingerprint density at radius 1 is 1.48 bits per heavy atom. The second kappa shape index (κ2) is 7.59. The Morgan fingerprint density at radius 3 is 2.95 bits per heavy atom. The van der Waals surface area contributed by atoms with E-state index < -0.39 is 0 Å². The van der Waals surface area contributed by atoms with Gasteiger partial charge in [-0.1, -0.05) is 11.6 Å². The van der Waals surface area contributed by atoms with Crippen molar-refractivity contribution in [2.75, 3.05) is 6.61 Å². The van der Waals surface area contributed by atoms with Gasteiger partial charge in [-0.15, -0.1) is 11.3 Å². The number of halogens is 2. The van der Waals surface area contributed by atoms with Gasteiger partial charge in [0.05, 0.1) is 10.0 Å². The lowest BCUT2D eigenvalue weighted by molar-refractivity contribution is -0.123. The highest BCUT2D eigenvalue weighted by atomic mass is 79.9. The third-order valence-corrected chi connectivity index (χ3v) is 4.26. The van der Waals surface area contributed by atoms with E-state index in [0.29, 0.717) is 10.8 Å².